The predicted molar refractivity (Wildman–Crippen MR) is 118 cm³/mol. The summed E-state index contributed by atoms with van der Waals surface area (Å²) >= 11 is 0. The number of fused-ring (bicyclic) bond motifs is 1. The molecule has 2 aromatic rings. The van der Waals surface area contributed by atoms with Gasteiger partial charge in [0.15, 0.2) is 23.8 Å². The van der Waals surface area contributed by atoms with Crippen LogP contribution in [0.5, 0.6) is 0 Å². The number of hydrogen-bond acceptors (Lipinski definition) is 10. The van der Waals surface area contributed by atoms with Crippen molar-refractivity contribution in [1.29, 1.82) is 0 Å². The fourth-order valence-electron chi connectivity index (χ4n) is 3.44. The second kappa shape index (κ2) is 11.4. The molecular formula is C20H30N6O9. The van der Waals surface area contributed by atoms with Gasteiger partial charge < -0.3 is 34.8 Å². The number of amides is 2. The second-order valence-corrected chi connectivity index (χ2v) is 8.37. The largest absolute Gasteiger partial charge is 0.480 e. The smallest absolute Gasteiger partial charge is 0.330 e. The molecule has 1 aliphatic heterocycles. The van der Waals surface area contributed by atoms with E-state index in [0.29, 0.717) is 11.2 Å². The third-order valence-corrected chi connectivity index (χ3v) is 5.53. The topological polar surface area (TPSA) is 221 Å². The van der Waals surface area contributed by atoms with Gasteiger partial charge in [-0.1, -0.05) is 0 Å². The SMILES string of the molecule is CC1O[C@H](O[C@H](C)CCC(=O)O[C@H](C)[C@H](NC(=O)Nc2ncnc3[nH][nH]c23)C(=O)O)C(O)C[C@@H]1O. The lowest BCUT2D eigenvalue weighted by Gasteiger charge is -2.36. The lowest BCUT2D eigenvalue weighted by Crippen LogP contribution is -2.50. The van der Waals surface area contributed by atoms with Gasteiger partial charge in [-0.2, -0.15) is 0 Å². The number of anilines is 1. The van der Waals surface area contributed by atoms with Gasteiger partial charge in [0.05, 0.1) is 18.3 Å². The molecular weight excluding hydrogens is 468 g/mol. The number of urea groups is 1. The van der Waals surface area contributed by atoms with Crippen LogP contribution in [-0.4, -0.2) is 96.3 Å². The number of hydrogen-bond donors (Lipinski definition) is 7. The number of ether oxygens (including phenoxy) is 3. The molecule has 2 aromatic heterocycles. The van der Waals surface area contributed by atoms with Crippen molar-refractivity contribution in [1.82, 2.24) is 25.5 Å². The van der Waals surface area contributed by atoms with Crippen LogP contribution in [0.15, 0.2) is 6.33 Å². The number of carboxylic acid groups (broad SMARTS) is 1. The van der Waals surface area contributed by atoms with Crippen LogP contribution >= 0.6 is 0 Å². The standard InChI is InChI=1S/C20H30N6O9/c1-8(33-19-12(28)6-11(27)9(2)35-19)4-5-13(29)34-10(3)14(18(30)31)23-20(32)24-16-15-17(26-25-15)22-7-21-16/h7-12,14,19,25,27-28H,4-6H2,1-3H3,(H,30,31)(H3,21,22,23,24,26,32)/t8-,9?,10-,11+,12?,14+,19+/m1/s1. The van der Waals surface area contributed by atoms with E-state index in [2.05, 4.69) is 30.8 Å². The van der Waals surface area contributed by atoms with Crippen molar-refractivity contribution in [2.45, 2.75) is 82.9 Å². The quantitative estimate of drug-likeness (QED) is 0.213. The van der Waals surface area contributed by atoms with Gasteiger partial charge in [-0.15, -0.1) is 0 Å². The Labute approximate surface area is 199 Å². The van der Waals surface area contributed by atoms with Crippen LogP contribution < -0.4 is 10.6 Å². The summed E-state index contributed by atoms with van der Waals surface area (Å²) < 4.78 is 16.3. The predicted octanol–water partition coefficient (Wildman–Crippen LogP) is -0.166. The van der Waals surface area contributed by atoms with Crippen LogP contribution in [0, 0.1) is 0 Å². The van der Waals surface area contributed by atoms with E-state index in [9.17, 15) is 29.7 Å². The Morgan fingerprint density at radius 3 is 2.63 bits per heavy atom. The van der Waals surface area contributed by atoms with Crippen molar-refractivity contribution in [3.05, 3.63) is 6.33 Å². The summed E-state index contributed by atoms with van der Waals surface area (Å²) in [5.41, 5.74) is 0.921. The number of rotatable bonds is 10. The van der Waals surface area contributed by atoms with Gasteiger partial charge in [-0.25, -0.2) is 19.6 Å². The molecule has 0 spiro atoms. The number of carbonyl (C=O) groups is 3. The Hall–Kier alpha value is -3.27. The highest BCUT2D eigenvalue weighted by molar-refractivity contribution is 5.97. The highest BCUT2D eigenvalue weighted by Gasteiger charge is 2.35. The Morgan fingerprint density at radius 1 is 1.23 bits per heavy atom. The molecule has 2 unspecified atom stereocenters. The lowest BCUT2D eigenvalue weighted by atomic mass is 10.0. The van der Waals surface area contributed by atoms with E-state index in [4.69, 9.17) is 14.2 Å². The van der Waals surface area contributed by atoms with E-state index in [0.717, 1.165) is 0 Å². The second-order valence-electron chi connectivity index (χ2n) is 8.37. The number of nitrogens with zero attached hydrogens (tertiary/aromatic N) is 2. The molecule has 7 N–H and O–H groups in total. The summed E-state index contributed by atoms with van der Waals surface area (Å²) in [6.45, 7) is 4.69. The molecule has 7 atom stereocenters. The first-order valence-electron chi connectivity index (χ1n) is 11.1. The number of aliphatic hydroxyl groups is 2. The molecule has 0 radical (unpaired) electrons. The van der Waals surface area contributed by atoms with Crippen molar-refractivity contribution >= 4 is 35.0 Å². The molecule has 0 saturated carbocycles. The molecule has 35 heavy (non-hydrogen) atoms. The zero-order valence-electron chi connectivity index (χ0n) is 19.4. The van der Waals surface area contributed by atoms with Crippen LogP contribution in [0.4, 0.5) is 10.6 Å². The van der Waals surface area contributed by atoms with Crippen molar-refractivity contribution in [3.63, 3.8) is 0 Å². The van der Waals surface area contributed by atoms with Crippen molar-refractivity contribution in [2.75, 3.05) is 5.32 Å². The maximum atomic E-state index is 12.3. The molecule has 0 aromatic carbocycles. The van der Waals surface area contributed by atoms with Crippen molar-refractivity contribution < 1.29 is 43.9 Å². The third kappa shape index (κ3) is 6.88. The number of aliphatic carboxylic acids is 1. The fourth-order valence-corrected chi connectivity index (χ4v) is 3.44. The number of H-pyrrole nitrogens is 2. The molecule has 0 bridgehead atoms. The van der Waals surface area contributed by atoms with Gasteiger partial charge in [-0.3, -0.25) is 20.3 Å². The Morgan fingerprint density at radius 2 is 1.97 bits per heavy atom. The van der Waals surface area contributed by atoms with Gasteiger partial charge in [0.1, 0.15) is 24.1 Å². The summed E-state index contributed by atoms with van der Waals surface area (Å²) in [5, 5.41) is 39.2. The molecule has 3 heterocycles. The number of aliphatic hydroxyl groups excluding tert-OH is 2. The summed E-state index contributed by atoms with van der Waals surface area (Å²) in [6, 6.07) is -2.38. The number of aromatic nitrogens is 4. The van der Waals surface area contributed by atoms with E-state index >= 15 is 0 Å². The summed E-state index contributed by atoms with van der Waals surface area (Å²) in [5.74, 6) is -1.94. The third-order valence-electron chi connectivity index (χ3n) is 5.53. The van der Waals surface area contributed by atoms with Gasteiger partial charge >= 0.3 is 18.0 Å². The van der Waals surface area contributed by atoms with E-state index < -0.39 is 60.8 Å². The average Bonchev–Trinajstić information content (AvgIpc) is 2.75. The van der Waals surface area contributed by atoms with Crippen LogP contribution in [-0.2, 0) is 23.8 Å². The molecule has 1 aliphatic rings. The van der Waals surface area contributed by atoms with Crippen LogP contribution in [0.2, 0.25) is 0 Å². The molecule has 15 heteroatoms. The first kappa shape index (κ1) is 26.3. The Bertz CT molecular complexity index is 1030. The van der Waals surface area contributed by atoms with Crippen LogP contribution in [0.1, 0.15) is 40.0 Å². The van der Waals surface area contributed by atoms with E-state index in [-0.39, 0.29) is 25.1 Å². The maximum absolute atomic E-state index is 12.3. The maximum Gasteiger partial charge on any atom is 0.330 e. The van der Waals surface area contributed by atoms with Gasteiger partial charge in [0.2, 0.25) is 0 Å². The number of nitrogens with one attached hydrogen (secondary N) is 4. The average molecular weight is 498 g/mol. The minimum atomic E-state index is -1.52. The number of esters is 1. The fraction of sp³-hybridized carbons (Fsp3) is 0.650. The first-order chi connectivity index (χ1) is 16.5. The van der Waals surface area contributed by atoms with Gasteiger partial charge in [-0.05, 0) is 27.2 Å². The first-order valence-corrected chi connectivity index (χ1v) is 11.1. The summed E-state index contributed by atoms with van der Waals surface area (Å²) in [6.07, 6.45) is -3.46. The summed E-state index contributed by atoms with van der Waals surface area (Å²) in [4.78, 5) is 44.0. The van der Waals surface area contributed by atoms with Crippen LogP contribution in [0.3, 0.4) is 0 Å². The highest BCUT2D eigenvalue weighted by atomic mass is 16.7. The minimum Gasteiger partial charge on any atom is -0.480 e. The minimum absolute atomic E-state index is 0.100. The monoisotopic (exact) mass is 498 g/mol. The molecule has 15 nitrogen and oxygen atoms in total. The lowest BCUT2D eigenvalue weighted by molar-refractivity contribution is -0.273. The zero-order valence-corrected chi connectivity index (χ0v) is 19.4. The van der Waals surface area contributed by atoms with Crippen LogP contribution in [0.25, 0.3) is 11.2 Å². The normalized spacial score (nSPS) is 24.9. The van der Waals surface area contributed by atoms with E-state index in [1.807, 2.05) is 0 Å². The number of carboxylic acids is 1. The summed E-state index contributed by atoms with van der Waals surface area (Å²) in [7, 11) is 0. The number of carbonyl (C=O) groups excluding carboxylic acids is 2. The van der Waals surface area contributed by atoms with Crippen molar-refractivity contribution in [2.24, 2.45) is 0 Å². The molecule has 1 fully saturated rings. The zero-order chi connectivity index (χ0) is 25.7. The molecule has 2 amide bonds. The molecule has 194 valence electrons. The van der Waals surface area contributed by atoms with E-state index in [1.165, 1.54) is 13.3 Å². The van der Waals surface area contributed by atoms with E-state index in [1.54, 1.807) is 13.8 Å². The highest BCUT2D eigenvalue weighted by Crippen LogP contribution is 2.23. The molecule has 3 rings (SSSR count). The molecule has 0 aliphatic carbocycles. The molecule has 1 saturated heterocycles. The number of aromatic amines is 2. The Balaban J connectivity index is 1.45. The van der Waals surface area contributed by atoms with Crippen molar-refractivity contribution in [3.8, 4) is 0 Å². The van der Waals surface area contributed by atoms with Gasteiger partial charge in [0, 0.05) is 12.8 Å². The van der Waals surface area contributed by atoms with Gasteiger partial charge in [0.25, 0.3) is 0 Å². The Kier molecular flexibility index (Phi) is 8.61.